The highest BCUT2D eigenvalue weighted by Crippen LogP contribution is 2.37. The van der Waals surface area contributed by atoms with Crippen LogP contribution in [0.15, 0.2) is 45.7 Å². The van der Waals surface area contributed by atoms with E-state index in [1.54, 1.807) is 24.3 Å². The van der Waals surface area contributed by atoms with Crippen LogP contribution in [0.5, 0.6) is 0 Å². The maximum Gasteiger partial charge on any atom is 0.310 e. The summed E-state index contributed by atoms with van der Waals surface area (Å²) in [6.07, 6.45) is 0. The van der Waals surface area contributed by atoms with Crippen molar-refractivity contribution in [3.8, 4) is 11.5 Å². The zero-order valence-electron chi connectivity index (χ0n) is 18.0. The van der Waals surface area contributed by atoms with E-state index >= 15 is 4.39 Å². The molecule has 2 amide bonds. The Morgan fingerprint density at radius 1 is 1.26 bits per heavy atom. The van der Waals surface area contributed by atoms with Crippen molar-refractivity contribution < 1.29 is 26.8 Å². The highest BCUT2D eigenvalue weighted by Gasteiger charge is 2.37. The minimum atomic E-state index is -4.11. The van der Waals surface area contributed by atoms with E-state index in [0.717, 1.165) is 12.1 Å². The normalized spacial score (nSPS) is 17.3. The van der Waals surface area contributed by atoms with E-state index in [0.29, 0.717) is 10.6 Å². The Hall–Kier alpha value is -3.35. The van der Waals surface area contributed by atoms with Gasteiger partial charge in [0.05, 0.1) is 34.5 Å². The smallest absolute Gasteiger partial charge is 0.310 e. The van der Waals surface area contributed by atoms with Crippen molar-refractivity contribution in [1.29, 1.82) is 0 Å². The minimum Gasteiger partial charge on any atom is -0.412 e. The van der Waals surface area contributed by atoms with Crippen LogP contribution in [0.25, 0.3) is 11.5 Å². The molecule has 4 rings (SSSR count). The average molecular weight is 508 g/mol. The van der Waals surface area contributed by atoms with E-state index in [1.165, 1.54) is 23.9 Å². The Kier molecular flexibility index (Phi) is 6.14. The Balaban J connectivity index is 1.87. The van der Waals surface area contributed by atoms with Crippen LogP contribution in [0.3, 0.4) is 0 Å². The van der Waals surface area contributed by atoms with Gasteiger partial charge in [0.15, 0.2) is 9.84 Å². The number of rotatable bonds is 4. The molecule has 0 bridgehead atoms. The van der Waals surface area contributed by atoms with Crippen molar-refractivity contribution in [3.63, 3.8) is 0 Å². The first kappa shape index (κ1) is 23.8. The van der Waals surface area contributed by atoms with Gasteiger partial charge in [0.1, 0.15) is 5.82 Å². The number of aromatic nitrogens is 2. The van der Waals surface area contributed by atoms with Crippen LogP contribution in [0, 0.1) is 5.82 Å². The summed E-state index contributed by atoms with van der Waals surface area (Å²) in [5.74, 6) is -3.65. The standard InChI is InChI=1S/C21H19ClFN5O5S/c1-27(2)21(30)19-26-25-18(33-19)13-7-16-17(8-14(13)23)34(31,32)10-15(24)20(29)28(16)9-11-3-5-12(22)6-4-11/h3-8,15H,9-10,24H2,1-2H3/t15-/m0/s1. The molecular weight excluding hydrogens is 489 g/mol. The lowest BCUT2D eigenvalue weighted by molar-refractivity contribution is -0.119. The lowest BCUT2D eigenvalue weighted by Crippen LogP contribution is -2.45. The summed E-state index contributed by atoms with van der Waals surface area (Å²) in [4.78, 5) is 27.1. The summed E-state index contributed by atoms with van der Waals surface area (Å²) in [6.45, 7) is -0.0501. The van der Waals surface area contributed by atoms with E-state index in [2.05, 4.69) is 10.2 Å². The van der Waals surface area contributed by atoms with Gasteiger partial charge in [0, 0.05) is 19.1 Å². The minimum absolute atomic E-state index is 0.0501. The summed E-state index contributed by atoms with van der Waals surface area (Å²) in [7, 11) is -1.16. The van der Waals surface area contributed by atoms with Crippen LogP contribution in [0.1, 0.15) is 16.2 Å². The van der Waals surface area contributed by atoms with Crippen molar-refractivity contribution in [2.75, 3.05) is 24.7 Å². The number of benzene rings is 2. The number of carbonyl (C=O) groups excluding carboxylic acids is 2. The van der Waals surface area contributed by atoms with E-state index < -0.39 is 44.2 Å². The van der Waals surface area contributed by atoms with Crippen LogP contribution < -0.4 is 10.6 Å². The third kappa shape index (κ3) is 4.39. The van der Waals surface area contributed by atoms with Crippen molar-refractivity contribution in [2.45, 2.75) is 17.5 Å². The summed E-state index contributed by atoms with van der Waals surface area (Å²) in [5, 5.41) is 7.83. The van der Waals surface area contributed by atoms with Crippen molar-refractivity contribution in [2.24, 2.45) is 5.73 Å². The van der Waals surface area contributed by atoms with Crippen LogP contribution in [-0.4, -0.2) is 61.2 Å². The van der Waals surface area contributed by atoms with Crippen molar-refractivity contribution in [3.05, 3.63) is 58.7 Å². The molecule has 2 heterocycles. The molecule has 0 spiro atoms. The third-order valence-electron chi connectivity index (χ3n) is 5.16. The second kappa shape index (κ2) is 8.78. The summed E-state index contributed by atoms with van der Waals surface area (Å²) < 4.78 is 46.2. The maximum absolute atomic E-state index is 15.1. The van der Waals surface area contributed by atoms with Gasteiger partial charge in [-0.15, -0.1) is 10.2 Å². The first-order chi connectivity index (χ1) is 16.0. The number of hydrogen-bond donors (Lipinski definition) is 1. The first-order valence-corrected chi connectivity index (χ1v) is 11.9. The molecule has 3 aromatic rings. The van der Waals surface area contributed by atoms with E-state index in [9.17, 15) is 18.0 Å². The number of carbonyl (C=O) groups is 2. The molecule has 2 N–H and O–H groups in total. The molecule has 0 radical (unpaired) electrons. The Morgan fingerprint density at radius 3 is 2.59 bits per heavy atom. The Bertz CT molecular complexity index is 1390. The summed E-state index contributed by atoms with van der Waals surface area (Å²) in [6, 6.07) is 7.14. The predicted octanol–water partition coefficient (Wildman–Crippen LogP) is 1.88. The predicted molar refractivity (Wildman–Crippen MR) is 120 cm³/mol. The largest absolute Gasteiger partial charge is 0.412 e. The fraction of sp³-hybridized carbons (Fsp3) is 0.238. The number of halogens is 2. The second-order valence-electron chi connectivity index (χ2n) is 7.85. The number of sulfone groups is 1. The van der Waals surface area contributed by atoms with Gasteiger partial charge in [0.25, 0.3) is 5.89 Å². The molecule has 0 saturated heterocycles. The molecule has 0 unspecified atom stereocenters. The van der Waals surface area contributed by atoms with Crippen LogP contribution >= 0.6 is 11.6 Å². The molecular formula is C21H19ClFN5O5S. The van der Waals surface area contributed by atoms with Gasteiger partial charge >= 0.3 is 11.8 Å². The molecule has 0 fully saturated rings. The van der Waals surface area contributed by atoms with E-state index in [1.807, 2.05) is 0 Å². The summed E-state index contributed by atoms with van der Waals surface area (Å²) in [5.41, 5.74) is 6.15. The van der Waals surface area contributed by atoms with Crippen molar-refractivity contribution in [1.82, 2.24) is 15.1 Å². The van der Waals surface area contributed by atoms with E-state index in [4.69, 9.17) is 21.8 Å². The van der Waals surface area contributed by atoms with E-state index in [-0.39, 0.29) is 29.6 Å². The molecule has 2 aromatic carbocycles. The molecule has 0 aliphatic carbocycles. The lowest BCUT2D eigenvalue weighted by atomic mass is 10.1. The van der Waals surface area contributed by atoms with Gasteiger partial charge in [-0.25, -0.2) is 12.8 Å². The SMILES string of the molecule is CN(C)C(=O)c1nnc(-c2cc3c(cc2F)S(=O)(=O)C[C@H](N)C(=O)N3Cc2ccc(Cl)cc2)o1. The van der Waals surface area contributed by atoms with Gasteiger partial charge in [-0.2, -0.15) is 0 Å². The molecule has 10 nitrogen and oxygen atoms in total. The van der Waals surface area contributed by atoms with Gasteiger partial charge < -0.3 is 20.0 Å². The number of nitrogens with two attached hydrogens (primary N) is 1. The highest BCUT2D eigenvalue weighted by molar-refractivity contribution is 7.91. The number of hydrogen-bond acceptors (Lipinski definition) is 8. The molecule has 178 valence electrons. The molecule has 13 heteroatoms. The second-order valence-corrected chi connectivity index (χ2v) is 10.3. The molecule has 0 saturated carbocycles. The zero-order valence-corrected chi connectivity index (χ0v) is 19.6. The quantitative estimate of drug-likeness (QED) is 0.564. The number of fused-ring (bicyclic) bond motifs is 1. The number of amides is 2. The Labute approximate surface area is 199 Å². The lowest BCUT2D eigenvalue weighted by Gasteiger charge is -2.24. The number of nitrogens with zero attached hydrogens (tertiary/aromatic N) is 4. The molecule has 1 aliphatic heterocycles. The zero-order chi connectivity index (χ0) is 24.8. The first-order valence-electron chi connectivity index (χ1n) is 9.91. The fourth-order valence-corrected chi connectivity index (χ4v) is 5.12. The monoisotopic (exact) mass is 507 g/mol. The van der Waals surface area contributed by atoms with Crippen LogP contribution in [0.4, 0.5) is 10.1 Å². The third-order valence-corrected chi connectivity index (χ3v) is 7.20. The topological polar surface area (TPSA) is 140 Å². The average Bonchev–Trinajstić information content (AvgIpc) is 3.25. The molecule has 1 aliphatic rings. The molecule has 1 aromatic heterocycles. The van der Waals surface area contributed by atoms with Crippen LogP contribution in [-0.2, 0) is 21.2 Å². The molecule has 34 heavy (non-hydrogen) atoms. The fourth-order valence-electron chi connectivity index (χ4n) is 3.43. The number of anilines is 1. The van der Waals surface area contributed by atoms with Crippen molar-refractivity contribution >= 4 is 38.9 Å². The maximum atomic E-state index is 15.1. The Morgan fingerprint density at radius 2 is 1.94 bits per heavy atom. The molecule has 1 atom stereocenters. The summed E-state index contributed by atoms with van der Waals surface area (Å²) >= 11 is 5.93. The van der Waals surface area contributed by atoms with Gasteiger partial charge in [-0.1, -0.05) is 23.7 Å². The van der Waals surface area contributed by atoms with Gasteiger partial charge in [0.2, 0.25) is 5.91 Å². The van der Waals surface area contributed by atoms with Gasteiger partial charge in [-0.05, 0) is 29.8 Å². The van der Waals surface area contributed by atoms with Crippen LogP contribution in [0.2, 0.25) is 5.02 Å². The van der Waals surface area contributed by atoms with Gasteiger partial charge in [-0.3, -0.25) is 9.59 Å². The highest BCUT2D eigenvalue weighted by atomic mass is 35.5.